The summed E-state index contributed by atoms with van der Waals surface area (Å²) in [4.78, 5) is 60.1. The number of ether oxygens (including phenoxy) is 4. The fourth-order valence-electron chi connectivity index (χ4n) is 6.81. The van der Waals surface area contributed by atoms with E-state index in [4.69, 9.17) is 18.9 Å². The predicted molar refractivity (Wildman–Crippen MR) is 174 cm³/mol. The second-order valence-electron chi connectivity index (χ2n) is 13.8. The summed E-state index contributed by atoms with van der Waals surface area (Å²) in [6.07, 6.45) is 5.88. The number of esters is 1. The standard InChI is InChI=1S/C35H46N4O8/c1-8-21-18-35(21,32(42)45-7)38-30(40)25-17-23(46-27-15-16-36-28-20(2)26(44-6)14-13-24(27)28)19-39(25)31(41)29(34(3,4)5)37-33(43)47-22-11-9-10-12-22/h8,13-16,21-23,25,29H,1,9-12,17-19H2,2-7H3,(H,37,43)(H,38,40)/t21-,23-,25+,29-,35-/m1/s1. The molecule has 1 aromatic heterocycles. The number of alkyl carbamates (subject to hydrolysis) is 1. The lowest BCUT2D eigenvalue weighted by Crippen LogP contribution is -2.59. The van der Waals surface area contributed by atoms with Crippen LogP contribution in [0.2, 0.25) is 0 Å². The van der Waals surface area contributed by atoms with Crippen LogP contribution in [0.15, 0.2) is 37.1 Å². The number of amides is 3. The molecule has 2 saturated carbocycles. The van der Waals surface area contributed by atoms with Gasteiger partial charge in [0.25, 0.3) is 0 Å². The normalized spacial score (nSPS) is 24.7. The Kier molecular flexibility index (Phi) is 9.70. The molecule has 12 heteroatoms. The summed E-state index contributed by atoms with van der Waals surface area (Å²) >= 11 is 0. The second-order valence-corrected chi connectivity index (χ2v) is 13.8. The molecule has 0 bridgehead atoms. The number of likely N-dealkylation sites (tertiary alicyclic amines) is 1. The highest BCUT2D eigenvalue weighted by Gasteiger charge is 2.62. The Bertz CT molecular complexity index is 1550. The van der Waals surface area contributed by atoms with Crippen LogP contribution in [0.4, 0.5) is 4.79 Å². The first-order valence-electron chi connectivity index (χ1n) is 16.2. The van der Waals surface area contributed by atoms with Gasteiger partial charge in [0.1, 0.15) is 41.3 Å². The maximum absolute atomic E-state index is 14.4. The summed E-state index contributed by atoms with van der Waals surface area (Å²) in [7, 11) is 2.87. The summed E-state index contributed by atoms with van der Waals surface area (Å²) in [5.41, 5.74) is -0.398. The molecule has 1 saturated heterocycles. The molecule has 2 heterocycles. The SMILES string of the molecule is C=C[C@@H]1C[C@]1(NC(=O)[C@@H]1C[C@@H](Oc2ccnc3c(C)c(OC)ccc23)CN1C(=O)[C@@H](NC(=O)OC1CCCC1)C(C)(C)C)C(=O)OC. The molecule has 2 aliphatic carbocycles. The largest absolute Gasteiger partial charge is 0.496 e. The van der Waals surface area contributed by atoms with E-state index in [2.05, 4.69) is 22.2 Å². The van der Waals surface area contributed by atoms with Gasteiger partial charge < -0.3 is 34.5 Å². The molecule has 2 N–H and O–H groups in total. The van der Waals surface area contributed by atoms with Crippen molar-refractivity contribution in [1.82, 2.24) is 20.5 Å². The lowest BCUT2D eigenvalue weighted by atomic mass is 9.85. The van der Waals surface area contributed by atoms with Crippen molar-refractivity contribution in [2.45, 2.75) is 96.1 Å². The first-order chi connectivity index (χ1) is 22.3. The summed E-state index contributed by atoms with van der Waals surface area (Å²) < 4.78 is 22.6. The zero-order valence-electron chi connectivity index (χ0n) is 28.1. The van der Waals surface area contributed by atoms with Crippen molar-refractivity contribution in [3.8, 4) is 11.5 Å². The number of benzene rings is 1. The van der Waals surface area contributed by atoms with E-state index in [1.54, 1.807) is 25.4 Å². The molecule has 0 spiro atoms. The van der Waals surface area contributed by atoms with Crippen molar-refractivity contribution in [3.63, 3.8) is 0 Å². The molecule has 0 radical (unpaired) electrons. The third kappa shape index (κ3) is 6.87. The van der Waals surface area contributed by atoms with Crippen molar-refractivity contribution >= 4 is 34.8 Å². The molecule has 254 valence electrons. The minimum atomic E-state index is -1.24. The van der Waals surface area contributed by atoms with E-state index in [-0.39, 0.29) is 25.0 Å². The number of hydrogen-bond donors (Lipinski definition) is 2. The number of carbonyl (C=O) groups excluding carboxylic acids is 4. The van der Waals surface area contributed by atoms with E-state index in [1.165, 1.54) is 12.0 Å². The van der Waals surface area contributed by atoms with Crippen molar-refractivity contribution in [2.75, 3.05) is 20.8 Å². The number of aromatic nitrogens is 1. The highest BCUT2D eigenvalue weighted by atomic mass is 16.6. The van der Waals surface area contributed by atoms with Crippen LogP contribution in [0.1, 0.15) is 64.9 Å². The quantitative estimate of drug-likeness (QED) is 0.285. The molecular weight excluding hydrogens is 604 g/mol. The molecule has 3 aliphatic rings. The average molecular weight is 651 g/mol. The molecular formula is C35H46N4O8. The number of rotatable bonds is 10. The molecule has 47 heavy (non-hydrogen) atoms. The van der Waals surface area contributed by atoms with Crippen LogP contribution in [0.3, 0.4) is 0 Å². The smallest absolute Gasteiger partial charge is 0.408 e. The van der Waals surface area contributed by atoms with E-state index in [0.717, 1.165) is 36.6 Å². The van der Waals surface area contributed by atoms with Gasteiger partial charge in [0.15, 0.2) is 0 Å². The van der Waals surface area contributed by atoms with Gasteiger partial charge in [0.2, 0.25) is 11.8 Å². The van der Waals surface area contributed by atoms with Gasteiger partial charge >= 0.3 is 12.1 Å². The number of aryl methyl sites for hydroxylation is 1. The van der Waals surface area contributed by atoms with Crippen LogP contribution >= 0.6 is 0 Å². The highest BCUT2D eigenvalue weighted by Crippen LogP contribution is 2.45. The molecule has 5 atom stereocenters. The molecule has 2 aromatic rings. The number of nitrogens with one attached hydrogen (secondary N) is 2. The number of fused-ring (bicyclic) bond motifs is 1. The molecule has 3 amide bonds. The Morgan fingerprint density at radius 1 is 1.09 bits per heavy atom. The summed E-state index contributed by atoms with van der Waals surface area (Å²) in [5.74, 6) is -0.589. The number of hydrogen-bond acceptors (Lipinski definition) is 9. The number of nitrogens with zero attached hydrogens (tertiary/aromatic N) is 2. The summed E-state index contributed by atoms with van der Waals surface area (Å²) in [5, 5.41) is 6.44. The van der Waals surface area contributed by atoms with E-state index in [9.17, 15) is 19.2 Å². The lowest BCUT2D eigenvalue weighted by Gasteiger charge is -2.35. The maximum Gasteiger partial charge on any atom is 0.408 e. The number of methoxy groups -OCH3 is 2. The Morgan fingerprint density at radius 3 is 2.43 bits per heavy atom. The van der Waals surface area contributed by atoms with E-state index < -0.39 is 53.0 Å². The van der Waals surface area contributed by atoms with E-state index in [0.29, 0.717) is 23.4 Å². The van der Waals surface area contributed by atoms with Crippen LogP contribution in [-0.2, 0) is 23.9 Å². The third-order valence-corrected chi connectivity index (χ3v) is 9.58. The van der Waals surface area contributed by atoms with Gasteiger partial charge in [-0.2, -0.15) is 0 Å². The molecule has 5 rings (SSSR count). The Labute approximate surface area is 275 Å². The van der Waals surface area contributed by atoms with Gasteiger partial charge in [-0.3, -0.25) is 14.6 Å². The van der Waals surface area contributed by atoms with Crippen molar-refractivity contribution < 1.29 is 38.1 Å². The van der Waals surface area contributed by atoms with Crippen LogP contribution in [0.5, 0.6) is 11.5 Å². The second kappa shape index (κ2) is 13.4. The zero-order valence-corrected chi connectivity index (χ0v) is 28.1. The monoisotopic (exact) mass is 650 g/mol. The van der Waals surface area contributed by atoms with Crippen molar-refractivity contribution in [3.05, 3.63) is 42.6 Å². The minimum absolute atomic E-state index is 0.0674. The van der Waals surface area contributed by atoms with Gasteiger partial charge in [-0.25, -0.2) is 9.59 Å². The van der Waals surface area contributed by atoms with Crippen molar-refractivity contribution in [1.29, 1.82) is 0 Å². The molecule has 1 aliphatic heterocycles. The van der Waals surface area contributed by atoms with Crippen LogP contribution in [0, 0.1) is 18.3 Å². The molecule has 0 unspecified atom stereocenters. The maximum atomic E-state index is 14.4. The first-order valence-corrected chi connectivity index (χ1v) is 16.2. The fourth-order valence-corrected chi connectivity index (χ4v) is 6.81. The Morgan fingerprint density at radius 2 is 1.81 bits per heavy atom. The van der Waals surface area contributed by atoms with E-state index in [1.807, 2.05) is 39.8 Å². The van der Waals surface area contributed by atoms with Gasteiger partial charge in [-0.05, 0) is 62.6 Å². The van der Waals surface area contributed by atoms with Gasteiger partial charge in [0.05, 0.1) is 26.3 Å². The first kappa shape index (κ1) is 34.0. The van der Waals surface area contributed by atoms with E-state index >= 15 is 0 Å². The number of pyridine rings is 1. The predicted octanol–water partition coefficient (Wildman–Crippen LogP) is 4.22. The van der Waals surface area contributed by atoms with Gasteiger partial charge in [0, 0.05) is 29.5 Å². The third-order valence-electron chi connectivity index (χ3n) is 9.58. The topological polar surface area (TPSA) is 145 Å². The molecule has 12 nitrogen and oxygen atoms in total. The van der Waals surface area contributed by atoms with Gasteiger partial charge in [-0.15, -0.1) is 6.58 Å². The lowest BCUT2D eigenvalue weighted by molar-refractivity contribution is -0.148. The summed E-state index contributed by atoms with van der Waals surface area (Å²) in [6, 6.07) is 3.46. The van der Waals surface area contributed by atoms with Crippen LogP contribution < -0.4 is 20.1 Å². The van der Waals surface area contributed by atoms with Crippen molar-refractivity contribution in [2.24, 2.45) is 11.3 Å². The average Bonchev–Trinajstić information content (AvgIpc) is 3.31. The molecule has 3 fully saturated rings. The highest BCUT2D eigenvalue weighted by molar-refractivity contribution is 5.97. The minimum Gasteiger partial charge on any atom is -0.496 e. The van der Waals surface area contributed by atoms with Crippen LogP contribution in [0.25, 0.3) is 10.9 Å². The zero-order chi connectivity index (χ0) is 34.1. The summed E-state index contributed by atoms with van der Waals surface area (Å²) in [6.45, 7) is 11.3. The van der Waals surface area contributed by atoms with Crippen LogP contribution in [-0.4, -0.2) is 84.4 Å². The molecule has 1 aromatic carbocycles. The Balaban J connectivity index is 1.43. The number of carbonyl (C=O) groups is 4. The Hall–Kier alpha value is -4.35. The van der Waals surface area contributed by atoms with Gasteiger partial charge in [-0.1, -0.05) is 26.8 Å². The fraction of sp³-hybridized carbons (Fsp3) is 0.571.